The number of amides is 2. The molecule has 0 saturated carbocycles. The average Bonchev–Trinajstić information content (AvgIpc) is 3.62. The van der Waals surface area contributed by atoms with Gasteiger partial charge in [-0.2, -0.15) is 12.6 Å². The van der Waals surface area contributed by atoms with E-state index in [0.29, 0.717) is 23.7 Å². The van der Waals surface area contributed by atoms with E-state index in [1.54, 1.807) is 11.9 Å². The van der Waals surface area contributed by atoms with Crippen molar-refractivity contribution in [3.05, 3.63) is 52.1 Å². The van der Waals surface area contributed by atoms with Gasteiger partial charge in [0.05, 0.1) is 29.3 Å². The van der Waals surface area contributed by atoms with Crippen molar-refractivity contribution in [2.24, 2.45) is 11.8 Å². The molecule has 0 aliphatic carbocycles. The first kappa shape index (κ1) is 32.9. The molecule has 1 aromatic carbocycles. The third kappa shape index (κ3) is 7.18. The summed E-state index contributed by atoms with van der Waals surface area (Å²) in [6.45, 7) is 10.2. The SMILES string of the molecule is C/C1=C\C=C\C(C)C2(O)CC(OC(=O)N2)C(C)C2OC2(C)C(OCCCCS)CC(=O)N(C)c2cc(cc(C)c2Cl)C1. The molecule has 2 fully saturated rings. The predicted octanol–water partition coefficient (Wildman–Crippen LogP) is 5.77. The van der Waals surface area contributed by atoms with Crippen molar-refractivity contribution in [3.8, 4) is 0 Å². The van der Waals surface area contributed by atoms with Gasteiger partial charge in [-0.1, -0.05) is 55.3 Å². The minimum atomic E-state index is -1.48. The van der Waals surface area contributed by atoms with Crippen LogP contribution in [0.4, 0.5) is 10.5 Å². The molecular weight excluding hydrogens is 576 g/mol. The molecule has 232 valence electrons. The van der Waals surface area contributed by atoms with Gasteiger partial charge in [-0.25, -0.2) is 4.79 Å². The first-order valence-electron chi connectivity index (χ1n) is 14.8. The third-order valence-corrected chi connectivity index (χ3v) is 9.77. The molecule has 8 nitrogen and oxygen atoms in total. The normalized spacial score (nSPS) is 35.9. The van der Waals surface area contributed by atoms with Crippen LogP contribution in [0.25, 0.3) is 0 Å². The van der Waals surface area contributed by atoms with Crippen LogP contribution < -0.4 is 10.2 Å². The van der Waals surface area contributed by atoms with Gasteiger partial charge in [-0.15, -0.1) is 0 Å². The lowest BCUT2D eigenvalue weighted by Gasteiger charge is -2.41. The highest BCUT2D eigenvalue weighted by molar-refractivity contribution is 7.80. The number of rotatable bonds is 5. The average molecular weight is 621 g/mol. The van der Waals surface area contributed by atoms with E-state index in [2.05, 4.69) is 17.9 Å². The van der Waals surface area contributed by atoms with Gasteiger partial charge in [-0.3, -0.25) is 10.1 Å². The van der Waals surface area contributed by atoms with Crippen molar-refractivity contribution in [2.75, 3.05) is 24.3 Å². The molecule has 1 aromatic rings. The van der Waals surface area contributed by atoms with E-state index in [4.69, 9.17) is 25.8 Å². The highest BCUT2D eigenvalue weighted by Gasteiger charge is 2.63. The number of hydrogen-bond acceptors (Lipinski definition) is 7. The van der Waals surface area contributed by atoms with E-state index in [-0.39, 0.29) is 36.7 Å². The van der Waals surface area contributed by atoms with E-state index >= 15 is 0 Å². The predicted molar refractivity (Wildman–Crippen MR) is 168 cm³/mol. The van der Waals surface area contributed by atoms with E-state index in [9.17, 15) is 14.7 Å². The highest BCUT2D eigenvalue weighted by Crippen LogP contribution is 2.49. The van der Waals surface area contributed by atoms with Crippen LogP contribution in [0.15, 0.2) is 35.9 Å². The number of carbonyl (C=O) groups excluding carboxylic acids is 2. The number of allylic oxidation sites excluding steroid dienone is 3. The second-order valence-electron chi connectivity index (χ2n) is 12.3. The summed E-state index contributed by atoms with van der Waals surface area (Å²) in [5.74, 6) is -0.0152. The molecular formula is C32H45ClN2O6S. The number of nitrogens with one attached hydrogen (secondary N) is 1. The van der Waals surface area contributed by atoms with Crippen LogP contribution in [0.3, 0.4) is 0 Å². The summed E-state index contributed by atoms with van der Waals surface area (Å²) in [6, 6.07) is 4.00. The third-order valence-electron chi connectivity index (χ3n) is 8.96. The van der Waals surface area contributed by atoms with Crippen molar-refractivity contribution in [3.63, 3.8) is 0 Å². The maximum absolute atomic E-state index is 13.8. The van der Waals surface area contributed by atoms with Crippen LogP contribution in [-0.2, 0) is 25.4 Å². The van der Waals surface area contributed by atoms with Crippen LogP contribution in [0.2, 0.25) is 5.02 Å². The number of alkyl carbamates (subject to hydrolysis) is 1. The van der Waals surface area contributed by atoms with Crippen LogP contribution >= 0.6 is 24.2 Å². The number of aryl methyl sites for hydroxylation is 1. The molecule has 3 heterocycles. The Labute approximate surface area is 260 Å². The summed E-state index contributed by atoms with van der Waals surface area (Å²) in [4.78, 5) is 28.0. The Hall–Kier alpha value is -2.04. The lowest BCUT2D eigenvalue weighted by Crippen LogP contribution is -2.60. The second kappa shape index (κ2) is 13.3. The quantitative estimate of drug-likeness (QED) is 0.219. The number of hydrogen-bond donors (Lipinski definition) is 3. The number of epoxide rings is 1. The Morgan fingerprint density at radius 3 is 2.69 bits per heavy atom. The zero-order valence-corrected chi connectivity index (χ0v) is 27.1. The van der Waals surface area contributed by atoms with Crippen LogP contribution in [0.5, 0.6) is 0 Å². The Balaban J connectivity index is 1.72. The monoisotopic (exact) mass is 620 g/mol. The van der Waals surface area contributed by atoms with Gasteiger partial charge in [0, 0.05) is 31.9 Å². The first-order chi connectivity index (χ1) is 19.8. The molecule has 3 aliphatic heterocycles. The van der Waals surface area contributed by atoms with Crippen molar-refractivity contribution >= 4 is 41.9 Å². The molecule has 4 bridgehead atoms. The summed E-state index contributed by atoms with van der Waals surface area (Å²) >= 11 is 11.0. The van der Waals surface area contributed by atoms with E-state index in [0.717, 1.165) is 35.3 Å². The molecule has 0 radical (unpaired) electrons. The second-order valence-corrected chi connectivity index (χ2v) is 13.2. The zero-order valence-electron chi connectivity index (χ0n) is 25.5. The van der Waals surface area contributed by atoms with Crippen LogP contribution in [0.1, 0.15) is 64.5 Å². The number of halogens is 1. The molecule has 10 heteroatoms. The minimum absolute atomic E-state index is 0.0898. The molecule has 2 saturated heterocycles. The first-order valence-corrected chi connectivity index (χ1v) is 15.8. The molecule has 42 heavy (non-hydrogen) atoms. The maximum atomic E-state index is 13.8. The summed E-state index contributed by atoms with van der Waals surface area (Å²) < 4.78 is 18.3. The number of aliphatic hydroxyl groups is 1. The van der Waals surface area contributed by atoms with Crippen molar-refractivity contribution in [1.29, 1.82) is 0 Å². The van der Waals surface area contributed by atoms with Gasteiger partial charge in [0.25, 0.3) is 0 Å². The Kier molecular flexibility index (Phi) is 10.4. The van der Waals surface area contributed by atoms with Crippen LogP contribution in [-0.4, -0.2) is 66.2 Å². The molecule has 7 unspecified atom stereocenters. The zero-order chi connectivity index (χ0) is 30.8. The molecule has 7 atom stereocenters. The maximum Gasteiger partial charge on any atom is 0.409 e. The van der Waals surface area contributed by atoms with Gasteiger partial charge < -0.3 is 24.2 Å². The Morgan fingerprint density at radius 1 is 1.24 bits per heavy atom. The fourth-order valence-electron chi connectivity index (χ4n) is 6.05. The largest absolute Gasteiger partial charge is 0.446 e. The van der Waals surface area contributed by atoms with E-state index < -0.39 is 29.6 Å². The van der Waals surface area contributed by atoms with Crippen molar-refractivity contribution in [1.82, 2.24) is 5.32 Å². The highest BCUT2D eigenvalue weighted by atomic mass is 35.5. The smallest absolute Gasteiger partial charge is 0.409 e. The Bertz CT molecular complexity index is 1240. The lowest BCUT2D eigenvalue weighted by atomic mass is 9.82. The number of thiol groups is 1. The van der Waals surface area contributed by atoms with Gasteiger partial charge in [-0.05, 0) is 63.0 Å². The molecule has 3 aliphatic rings. The minimum Gasteiger partial charge on any atom is -0.446 e. The van der Waals surface area contributed by atoms with Crippen LogP contribution in [0, 0.1) is 18.8 Å². The van der Waals surface area contributed by atoms with Gasteiger partial charge in [0.1, 0.15) is 17.4 Å². The molecule has 0 aromatic heterocycles. The lowest BCUT2D eigenvalue weighted by molar-refractivity contribution is -0.122. The molecule has 2 N–H and O–H groups in total. The van der Waals surface area contributed by atoms with Gasteiger partial charge in [0.2, 0.25) is 5.91 Å². The van der Waals surface area contributed by atoms with Gasteiger partial charge >= 0.3 is 6.09 Å². The fraction of sp³-hybridized carbons (Fsp3) is 0.625. The van der Waals surface area contributed by atoms with E-state index in [1.165, 1.54) is 0 Å². The number of anilines is 1. The summed E-state index contributed by atoms with van der Waals surface area (Å²) in [6.07, 6.45) is 6.32. The summed E-state index contributed by atoms with van der Waals surface area (Å²) in [5.41, 5.74) is 1.41. The topological polar surface area (TPSA) is 101 Å². The van der Waals surface area contributed by atoms with Gasteiger partial charge in [0.15, 0.2) is 0 Å². The standard InChI is InChI=1S/C32H45ClN2O6S/c1-19-10-9-11-21(3)32(38)18-25(40-30(37)34-32)22(4)29-31(5,41-29)26(39-12-7-8-13-42)17-27(36)35(6)24-16-23(14-19)15-20(2)28(24)33/h9-11,15-16,21-22,25-26,29,38,42H,7-8,12-14,17-18H2,1-6H3,(H,34,37)/b11-9+,19-10+. The van der Waals surface area contributed by atoms with Crippen molar-refractivity contribution in [2.45, 2.75) is 96.4 Å². The molecule has 2 amide bonds. The number of fused-ring (bicyclic) bond motifs is 5. The number of unbranched alkanes of at least 4 members (excludes halogenated alkanes) is 1. The summed E-state index contributed by atoms with van der Waals surface area (Å²) in [7, 11) is 1.74. The molecule has 4 rings (SSSR count). The molecule has 0 spiro atoms. The van der Waals surface area contributed by atoms with Crippen molar-refractivity contribution < 1.29 is 28.9 Å². The summed E-state index contributed by atoms with van der Waals surface area (Å²) in [5, 5.41) is 14.7. The number of ether oxygens (including phenoxy) is 3. The number of benzene rings is 1. The number of carbonyl (C=O) groups is 2. The van der Waals surface area contributed by atoms with E-state index in [1.807, 2.05) is 65.0 Å². The Morgan fingerprint density at radius 2 is 1.98 bits per heavy atom. The fourth-order valence-corrected chi connectivity index (χ4v) is 6.51. The number of nitrogens with zero attached hydrogens (tertiary/aromatic N) is 1.